The molecule has 1 aromatic carbocycles. The van der Waals surface area contributed by atoms with Crippen LogP contribution in [-0.2, 0) is 6.42 Å². The Kier molecular flexibility index (Phi) is 3.31. The van der Waals surface area contributed by atoms with E-state index >= 15 is 0 Å². The molecule has 1 aliphatic heterocycles. The van der Waals surface area contributed by atoms with Crippen molar-refractivity contribution in [3.8, 4) is 28.7 Å². The maximum Gasteiger partial charge on any atom is 0.259 e. The van der Waals surface area contributed by atoms with E-state index < -0.39 is 0 Å². The first-order valence-electron chi connectivity index (χ1n) is 8.49. The Balaban J connectivity index is 1.43. The summed E-state index contributed by atoms with van der Waals surface area (Å²) in [5, 5.41) is 4.74. The fraction of sp³-hybridized carbons (Fsp3) is 0.316. The minimum Gasteiger partial charge on any atom is -0.471 e. The first kappa shape index (κ1) is 14.9. The van der Waals surface area contributed by atoms with Crippen LogP contribution in [0.5, 0.6) is 5.88 Å². The molecule has 5 rings (SSSR count). The van der Waals surface area contributed by atoms with Crippen molar-refractivity contribution in [3.05, 3.63) is 47.1 Å². The third-order valence-electron chi connectivity index (χ3n) is 5.13. The molecule has 25 heavy (non-hydrogen) atoms. The fourth-order valence-electron chi connectivity index (χ4n) is 3.48. The largest absolute Gasteiger partial charge is 0.471 e. The minimum absolute atomic E-state index is 0.0494. The van der Waals surface area contributed by atoms with Crippen LogP contribution in [0.25, 0.3) is 22.8 Å². The number of pyridine rings is 1. The number of fused-ring (bicyclic) bond motifs is 1. The zero-order chi connectivity index (χ0) is 16.9. The summed E-state index contributed by atoms with van der Waals surface area (Å²) in [5.74, 6) is 1.75. The Morgan fingerprint density at radius 3 is 2.64 bits per heavy atom. The van der Waals surface area contributed by atoms with Gasteiger partial charge in [0.2, 0.25) is 11.7 Å². The lowest BCUT2D eigenvalue weighted by molar-refractivity contribution is -0.0289. The maximum atomic E-state index is 6.14. The van der Waals surface area contributed by atoms with Crippen LogP contribution in [0, 0.1) is 0 Å². The van der Waals surface area contributed by atoms with Gasteiger partial charge in [0.25, 0.3) is 5.89 Å². The van der Waals surface area contributed by atoms with Gasteiger partial charge in [-0.25, -0.2) is 4.98 Å². The standard InChI is InChI=1S/C19H16ClN3O2/c20-15-4-2-12(3-5-15)16-22-18(25-23-16)14-10-13-6-9-19(7-1-8-19)24-17(13)21-11-14/h2-5,10-11H,1,6-9H2. The van der Waals surface area contributed by atoms with E-state index in [0.717, 1.165) is 48.3 Å². The third-order valence-corrected chi connectivity index (χ3v) is 5.38. The molecule has 1 spiro atoms. The predicted octanol–water partition coefficient (Wildman–Crippen LogP) is 4.70. The summed E-state index contributed by atoms with van der Waals surface area (Å²) in [6.45, 7) is 0. The second kappa shape index (κ2) is 5.56. The number of halogens is 1. The number of aryl methyl sites for hydroxylation is 1. The number of hydrogen-bond acceptors (Lipinski definition) is 5. The monoisotopic (exact) mass is 353 g/mol. The topological polar surface area (TPSA) is 61.0 Å². The molecule has 3 heterocycles. The molecule has 0 bridgehead atoms. The van der Waals surface area contributed by atoms with Crippen LogP contribution in [0.1, 0.15) is 31.2 Å². The van der Waals surface area contributed by atoms with Crippen LogP contribution in [0.2, 0.25) is 5.02 Å². The van der Waals surface area contributed by atoms with E-state index in [2.05, 4.69) is 15.1 Å². The Morgan fingerprint density at radius 2 is 1.88 bits per heavy atom. The summed E-state index contributed by atoms with van der Waals surface area (Å²) in [6, 6.07) is 9.40. The summed E-state index contributed by atoms with van der Waals surface area (Å²) in [6.07, 6.45) is 7.33. The molecule has 0 radical (unpaired) electrons. The minimum atomic E-state index is 0.0494. The number of benzene rings is 1. The molecule has 1 fully saturated rings. The van der Waals surface area contributed by atoms with E-state index in [1.54, 1.807) is 18.3 Å². The van der Waals surface area contributed by atoms with Gasteiger partial charge in [0.15, 0.2) is 0 Å². The summed E-state index contributed by atoms with van der Waals surface area (Å²) >= 11 is 5.92. The van der Waals surface area contributed by atoms with Crippen molar-refractivity contribution in [2.24, 2.45) is 0 Å². The predicted molar refractivity (Wildman–Crippen MR) is 93.5 cm³/mol. The Hall–Kier alpha value is -2.40. The molecule has 1 saturated carbocycles. The highest BCUT2D eigenvalue weighted by molar-refractivity contribution is 6.30. The molecule has 5 nitrogen and oxygen atoms in total. The average molecular weight is 354 g/mol. The molecular weight excluding hydrogens is 338 g/mol. The van der Waals surface area contributed by atoms with E-state index in [1.807, 2.05) is 18.2 Å². The van der Waals surface area contributed by atoms with Crippen LogP contribution in [0.4, 0.5) is 0 Å². The lowest BCUT2D eigenvalue weighted by atomic mass is 9.75. The Labute approximate surface area is 150 Å². The van der Waals surface area contributed by atoms with Gasteiger partial charge in [0, 0.05) is 22.3 Å². The van der Waals surface area contributed by atoms with Crippen LogP contribution in [0.15, 0.2) is 41.1 Å². The van der Waals surface area contributed by atoms with Crippen LogP contribution in [0.3, 0.4) is 0 Å². The van der Waals surface area contributed by atoms with Gasteiger partial charge in [-0.3, -0.25) is 0 Å². The molecule has 2 aliphatic rings. The van der Waals surface area contributed by atoms with Crippen molar-refractivity contribution in [2.75, 3.05) is 0 Å². The van der Waals surface area contributed by atoms with E-state index in [0.29, 0.717) is 16.7 Å². The van der Waals surface area contributed by atoms with Crippen molar-refractivity contribution in [1.82, 2.24) is 15.1 Å². The molecule has 3 aromatic rings. The molecule has 0 saturated heterocycles. The smallest absolute Gasteiger partial charge is 0.259 e. The van der Waals surface area contributed by atoms with Crippen molar-refractivity contribution >= 4 is 11.6 Å². The highest BCUT2D eigenvalue weighted by Gasteiger charge is 2.42. The molecule has 0 unspecified atom stereocenters. The summed E-state index contributed by atoms with van der Waals surface area (Å²) < 4.78 is 11.6. The van der Waals surface area contributed by atoms with Crippen LogP contribution < -0.4 is 4.74 Å². The average Bonchev–Trinajstić information content (AvgIpc) is 3.10. The van der Waals surface area contributed by atoms with Crippen LogP contribution >= 0.6 is 11.6 Å². The lowest BCUT2D eigenvalue weighted by Gasteiger charge is -2.44. The number of ether oxygens (including phenoxy) is 1. The molecule has 126 valence electrons. The van der Waals surface area contributed by atoms with Gasteiger partial charge < -0.3 is 9.26 Å². The van der Waals surface area contributed by atoms with Gasteiger partial charge >= 0.3 is 0 Å². The highest BCUT2D eigenvalue weighted by atomic mass is 35.5. The SMILES string of the molecule is Clc1ccc(-c2noc(-c3cnc4c(c3)CCC3(CCC3)O4)n2)cc1. The van der Waals surface area contributed by atoms with Crippen molar-refractivity contribution in [3.63, 3.8) is 0 Å². The normalized spacial score (nSPS) is 17.6. The van der Waals surface area contributed by atoms with Gasteiger partial charge in [0.1, 0.15) is 5.60 Å². The van der Waals surface area contributed by atoms with Crippen molar-refractivity contribution in [1.29, 1.82) is 0 Å². The molecule has 0 amide bonds. The summed E-state index contributed by atoms with van der Waals surface area (Å²) in [5.41, 5.74) is 2.84. The quantitative estimate of drug-likeness (QED) is 0.668. The lowest BCUT2D eigenvalue weighted by Crippen LogP contribution is -2.45. The Bertz CT molecular complexity index is 932. The highest BCUT2D eigenvalue weighted by Crippen LogP contribution is 2.44. The summed E-state index contributed by atoms with van der Waals surface area (Å²) in [4.78, 5) is 8.98. The van der Waals surface area contributed by atoms with E-state index in [-0.39, 0.29) is 5.60 Å². The second-order valence-electron chi connectivity index (χ2n) is 6.76. The van der Waals surface area contributed by atoms with Gasteiger partial charge in [-0.05, 0) is 62.4 Å². The molecule has 1 aliphatic carbocycles. The molecule has 2 aromatic heterocycles. The van der Waals surface area contributed by atoms with Crippen LogP contribution in [-0.4, -0.2) is 20.7 Å². The zero-order valence-corrected chi connectivity index (χ0v) is 14.3. The number of nitrogens with zero attached hydrogens (tertiary/aromatic N) is 3. The second-order valence-corrected chi connectivity index (χ2v) is 7.19. The molecule has 0 atom stereocenters. The fourth-order valence-corrected chi connectivity index (χ4v) is 3.61. The van der Waals surface area contributed by atoms with Gasteiger partial charge in [-0.15, -0.1) is 0 Å². The first-order chi connectivity index (χ1) is 12.2. The first-order valence-corrected chi connectivity index (χ1v) is 8.87. The van der Waals surface area contributed by atoms with E-state index in [1.165, 1.54) is 6.42 Å². The number of hydrogen-bond donors (Lipinski definition) is 0. The van der Waals surface area contributed by atoms with E-state index in [9.17, 15) is 0 Å². The number of aromatic nitrogens is 3. The maximum absolute atomic E-state index is 6.14. The number of rotatable bonds is 2. The van der Waals surface area contributed by atoms with E-state index in [4.69, 9.17) is 20.9 Å². The van der Waals surface area contributed by atoms with Gasteiger partial charge in [-0.1, -0.05) is 16.8 Å². The summed E-state index contributed by atoms with van der Waals surface area (Å²) in [7, 11) is 0. The molecule has 6 heteroatoms. The molecular formula is C19H16ClN3O2. The van der Waals surface area contributed by atoms with Crippen molar-refractivity contribution in [2.45, 2.75) is 37.7 Å². The van der Waals surface area contributed by atoms with Gasteiger partial charge in [-0.2, -0.15) is 4.98 Å². The molecule has 0 N–H and O–H groups in total. The van der Waals surface area contributed by atoms with Gasteiger partial charge in [0.05, 0.1) is 5.56 Å². The van der Waals surface area contributed by atoms with Crippen molar-refractivity contribution < 1.29 is 9.26 Å². The Morgan fingerprint density at radius 1 is 1.04 bits per heavy atom. The third kappa shape index (κ3) is 2.59. The zero-order valence-electron chi connectivity index (χ0n) is 13.5.